The molecule has 0 spiro atoms. The highest BCUT2D eigenvalue weighted by atomic mass is 35.5. The molecule has 1 aliphatic rings. The fraction of sp³-hybridized carbons (Fsp3) is 0.889. The molecule has 1 amide bonds. The minimum absolute atomic E-state index is 0.00813. The lowest BCUT2D eigenvalue weighted by Crippen LogP contribution is -2.50. The molecule has 0 radical (unpaired) electrons. The molecular weight excluding hydrogens is 222 g/mol. The van der Waals surface area contributed by atoms with Crippen LogP contribution in [-0.2, 0) is 9.53 Å². The smallest absolute Gasteiger partial charge is 0.232 e. The second kappa shape index (κ2) is 5.83. The van der Waals surface area contributed by atoms with Gasteiger partial charge in [0.05, 0.1) is 23.8 Å². The van der Waals surface area contributed by atoms with Gasteiger partial charge in [-0.25, -0.2) is 0 Å². The number of nitrogens with zero attached hydrogens (tertiary/aromatic N) is 1. The van der Waals surface area contributed by atoms with Crippen LogP contribution in [0.5, 0.6) is 0 Å². The van der Waals surface area contributed by atoms with E-state index in [0.29, 0.717) is 24.7 Å². The molecule has 0 aromatic carbocycles. The maximum atomic E-state index is 11.6. The van der Waals surface area contributed by atoms with Gasteiger partial charge in [0.25, 0.3) is 0 Å². The molecule has 1 heterocycles. The molecule has 2 atom stereocenters. The first-order chi connectivity index (χ1) is 6.67. The first-order valence-corrected chi connectivity index (χ1v) is 6.58. The van der Waals surface area contributed by atoms with Gasteiger partial charge in [-0.3, -0.25) is 4.79 Å². The Kier molecular flexibility index (Phi) is 5.06. The number of carbonyl (C=O) groups is 1. The number of amides is 1. The lowest BCUT2D eigenvalue weighted by atomic mass is 10.2. The first kappa shape index (κ1) is 12.1. The van der Waals surface area contributed by atoms with Gasteiger partial charge in [0, 0.05) is 13.1 Å². The lowest BCUT2D eigenvalue weighted by molar-refractivity contribution is -0.140. The molecule has 0 aromatic rings. The maximum Gasteiger partial charge on any atom is 0.232 e. The van der Waals surface area contributed by atoms with E-state index in [-0.39, 0.29) is 18.1 Å². The monoisotopic (exact) mass is 237 g/mol. The van der Waals surface area contributed by atoms with Crippen LogP contribution in [0.4, 0.5) is 0 Å². The highest BCUT2D eigenvalue weighted by Crippen LogP contribution is 2.13. The third-order valence-electron chi connectivity index (χ3n) is 2.12. The van der Waals surface area contributed by atoms with Crippen LogP contribution in [0.1, 0.15) is 6.92 Å². The normalized spacial score (nSPS) is 27.8. The van der Waals surface area contributed by atoms with Crippen LogP contribution in [0.15, 0.2) is 0 Å². The van der Waals surface area contributed by atoms with Crippen LogP contribution in [-0.4, -0.2) is 54.0 Å². The Labute approximate surface area is 94.1 Å². The number of alkyl halides is 1. The topological polar surface area (TPSA) is 29.5 Å². The molecule has 0 aliphatic carbocycles. The molecule has 5 heteroatoms. The van der Waals surface area contributed by atoms with Crippen molar-refractivity contribution < 1.29 is 9.53 Å². The summed E-state index contributed by atoms with van der Waals surface area (Å²) in [5.74, 6) is 1.18. The molecule has 14 heavy (non-hydrogen) atoms. The SMILES string of the molecule is CSCC(=O)N1CC(C)OC(CCl)C1. The average Bonchev–Trinajstić information content (AvgIpc) is 2.17. The predicted molar refractivity (Wildman–Crippen MR) is 60.0 cm³/mol. The molecule has 3 nitrogen and oxygen atoms in total. The number of thioether (sulfide) groups is 1. The van der Waals surface area contributed by atoms with E-state index in [4.69, 9.17) is 16.3 Å². The van der Waals surface area contributed by atoms with Gasteiger partial charge in [0.15, 0.2) is 0 Å². The molecule has 82 valence electrons. The van der Waals surface area contributed by atoms with Crippen LogP contribution in [0, 0.1) is 0 Å². The summed E-state index contributed by atoms with van der Waals surface area (Å²) < 4.78 is 5.56. The van der Waals surface area contributed by atoms with E-state index in [1.807, 2.05) is 18.1 Å². The number of hydrogen-bond acceptors (Lipinski definition) is 3. The maximum absolute atomic E-state index is 11.6. The molecule has 1 fully saturated rings. The number of morpholine rings is 1. The van der Waals surface area contributed by atoms with E-state index in [1.165, 1.54) is 0 Å². The van der Waals surface area contributed by atoms with Gasteiger partial charge in [-0.2, -0.15) is 11.8 Å². The Hall–Kier alpha value is 0.0700. The van der Waals surface area contributed by atoms with Crippen molar-refractivity contribution in [2.75, 3.05) is 31.0 Å². The molecular formula is C9H16ClNO2S. The zero-order valence-electron chi connectivity index (χ0n) is 8.53. The number of halogens is 1. The number of ether oxygens (including phenoxy) is 1. The van der Waals surface area contributed by atoms with Crippen molar-refractivity contribution in [2.24, 2.45) is 0 Å². The summed E-state index contributed by atoms with van der Waals surface area (Å²) in [6.07, 6.45) is 2.02. The summed E-state index contributed by atoms with van der Waals surface area (Å²) >= 11 is 7.27. The van der Waals surface area contributed by atoms with Gasteiger partial charge >= 0.3 is 0 Å². The van der Waals surface area contributed by atoms with Crippen molar-refractivity contribution in [1.29, 1.82) is 0 Å². The summed E-state index contributed by atoms with van der Waals surface area (Å²) in [5.41, 5.74) is 0. The van der Waals surface area contributed by atoms with Crippen molar-refractivity contribution in [1.82, 2.24) is 4.90 Å². The molecule has 1 aliphatic heterocycles. The third-order valence-corrected chi connectivity index (χ3v) is 3.00. The van der Waals surface area contributed by atoms with E-state index in [2.05, 4.69) is 0 Å². The van der Waals surface area contributed by atoms with E-state index in [0.717, 1.165) is 0 Å². The van der Waals surface area contributed by atoms with Crippen molar-refractivity contribution >= 4 is 29.3 Å². The molecule has 2 unspecified atom stereocenters. The highest BCUT2D eigenvalue weighted by molar-refractivity contribution is 7.99. The molecule has 0 N–H and O–H groups in total. The van der Waals surface area contributed by atoms with Crippen LogP contribution >= 0.6 is 23.4 Å². The minimum atomic E-state index is -0.00813. The van der Waals surface area contributed by atoms with Crippen molar-refractivity contribution in [3.8, 4) is 0 Å². The van der Waals surface area contributed by atoms with Gasteiger partial charge in [0.1, 0.15) is 0 Å². The van der Waals surface area contributed by atoms with Gasteiger partial charge in [0.2, 0.25) is 5.91 Å². The summed E-state index contributed by atoms with van der Waals surface area (Å²) in [6, 6.07) is 0. The molecule has 1 rings (SSSR count). The van der Waals surface area contributed by atoms with E-state index < -0.39 is 0 Å². The minimum Gasteiger partial charge on any atom is -0.370 e. The second-order valence-electron chi connectivity index (χ2n) is 3.45. The average molecular weight is 238 g/mol. The van der Waals surface area contributed by atoms with E-state index >= 15 is 0 Å². The Bertz CT molecular complexity index is 203. The largest absolute Gasteiger partial charge is 0.370 e. The van der Waals surface area contributed by atoms with Crippen molar-refractivity contribution in [3.05, 3.63) is 0 Å². The fourth-order valence-electron chi connectivity index (χ4n) is 1.55. The van der Waals surface area contributed by atoms with Crippen LogP contribution in [0.3, 0.4) is 0 Å². The number of rotatable bonds is 3. The van der Waals surface area contributed by atoms with Crippen LogP contribution in [0.25, 0.3) is 0 Å². The van der Waals surface area contributed by atoms with E-state index in [1.54, 1.807) is 11.8 Å². The number of hydrogen-bond donors (Lipinski definition) is 0. The van der Waals surface area contributed by atoms with Crippen LogP contribution < -0.4 is 0 Å². The molecule has 0 bridgehead atoms. The zero-order valence-corrected chi connectivity index (χ0v) is 10.1. The van der Waals surface area contributed by atoms with Gasteiger partial charge in [-0.1, -0.05) is 0 Å². The predicted octanol–water partition coefficient (Wildman–Crippen LogP) is 1.20. The molecule has 1 saturated heterocycles. The summed E-state index contributed by atoms with van der Waals surface area (Å²) in [4.78, 5) is 13.5. The van der Waals surface area contributed by atoms with Gasteiger partial charge in [-0.05, 0) is 13.2 Å². The fourth-order valence-corrected chi connectivity index (χ4v) is 2.15. The van der Waals surface area contributed by atoms with Crippen LogP contribution in [0.2, 0.25) is 0 Å². The van der Waals surface area contributed by atoms with Crippen molar-refractivity contribution in [3.63, 3.8) is 0 Å². The summed E-state index contributed by atoms with van der Waals surface area (Å²) in [6.45, 7) is 3.29. The summed E-state index contributed by atoms with van der Waals surface area (Å²) in [7, 11) is 0. The molecule has 0 aromatic heterocycles. The van der Waals surface area contributed by atoms with Crippen molar-refractivity contribution in [2.45, 2.75) is 19.1 Å². The lowest BCUT2D eigenvalue weighted by Gasteiger charge is -2.36. The Balaban J connectivity index is 2.48. The van der Waals surface area contributed by atoms with Gasteiger partial charge < -0.3 is 9.64 Å². The zero-order chi connectivity index (χ0) is 10.6. The van der Waals surface area contributed by atoms with E-state index in [9.17, 15) is 4.79 Å². The Morgan fingerprint density at radius 2 is 2.36 bits per heavy atom. The quantitative estimate of drug-likeness (QED) is 0.691. The standard InChI is InChI=1S/C9H16ClNO2S/c1-7-4-11(9(12)6-14-2)5-8(3-10)13-7/h7-8H,3-6H2,1-2H3. The Morgan fingerprint density at radius 3 is 2.93 bits per heavy atom. The second-order valence-corrected chi connectivity index (χ2v) is 4.63. The number of carbonyl (C=O) groups excluding carboxylic acids is 1. The highest BCUT2D eigenvalue weighted by Gasteiger charge is 2.27. The third kappa shape index (κ3) is 3.33. The first-order valence-electron chi connectivity index (χ1n) is 4.65. The summed E-state index contributed by atoms with van der Waals surface area (Å²) in [5, 5.41) is 0. The molecule has 0 saturated carbocycles. The Morgan fingerprint density at radius 1 is 1.64 bits per heavy atom. The van der Waals surface area contributed by atoms with Gasteiger partial charge in [-0.15, -0.1) is 11.6 Å².